The van der Waals surface area contributed by atoms with Crippen LogP contribution in [0.25, 0.3) is 0 Å². The Labute approximate surface area is 99.3 Å². The summed E-state index contributed by atoms with van der Waals surface area (Å²) in [6, 6.07) is 5.84. The van der Waals surface area contributed by atoms with E-state index >= 15 is 0 Å². The van der Waals surface area contributed by atoms with E-state index in [1.807, 2.05) is 6.07 Å². The first-order chi connectivity index (χ1) is 7.98. The van der Waals surface area contributed by atoms with E-state index in [0.717, 1.165) is 4.31 Å². The zero-order chi connectivity index (χ0) is 12.6. The van der Waals surface area contributed by atoms with Crippen molar-refractivity contribution >= 4 is 15.7 Å². The Morgan fingerprint density at radius 3 is 2.88 bits per heavy atom. The number of halogens is 1. The first kappa shape index (κ1) is 11.9. The van der Waals surface area contributed by atoms with Gasteiger partial charge >= 0.3 is 0 Å². The summed E-state index contributed by atoms with van der Waals surface area (Å²) in [4.78, 5) is 0. The van der Waals surface area contributed by atoms with Gasteiger partial charge in [0.1, 0.15) is 11.1 Å². The fourth-order valence-electron chi connectivity index (χ4n) is 2.06. The van der Waals surface area contributed by atoms with Crippen LogP contribution in [0, 0.1) is 17.1 Å². The molecule has 0 radical (unpaired) electrons. The summed E-state index contributed by atoms with van der Waals surface area (Å²) in [5.74, 6) is -0.462. The average molecular weight is 254 g/mol. The molecule has 1 aliphatic heterocycles. The molecule has 0 spiro atoms. The van der Waals surface area contributed by atoms with Crippen LogP contribution in [0.3, 0.4) is 0 Å². The molecule has 0 N–H and O–H groups in total. The molecular weight excluding hydrogens is 243 g/mol. The molecule has 0 saturated carbocycles. The van der Waals surface area contributed by atoms with Gasteiger partial charge in [-0.15, -0.1) is 0 Å². The molecule has 1 unspecified atom stereocenters. The van der Waals surface area contributed by atoms with Gasteiger partial charge in [0.15, 0.2) is 0 Å². The molecule has 1 aromatic rings. The third-order valence-electron chi connectivity index (χ3n) is 2.94. The van der Waals surface area contributed by atoms with E-state index in [2.05, 4.69) is 0 Å². The summed E-state index contributed by atoms with van der Waals surface area (Å²) < 4.78 is 38.4. The molecule has 2 rings (SSSR count). The van der Waals surface area contributed by atoms with E-state index in [4.69, 9.17) is 5.26 Å². The van der Waals surface area contributed by atoms with Gasteiger partial charge in [-0.05, 0) is 30.2 Å². The highest BCUT2D eigenvalue weighted by atomic mass is 32.2. The summed E-state index contributed by atoms with van der Waals surface area (Å²) in [6.07, 6.45) is 0.327. The molecule has 1 heterocycles. The van der Waals surface area contributed by atoms with Crippen molar-refractivity contribution in [2.24, 2.45) is 0 Å². The molecule has 0 amide bonds. The first-order valence-electron chi connectivity index (χ1n) is 5.12. The Hall–Kier alpha value is -1.61. The van der Waals surface area contributed by atoms with E-state index in [1.165, 1.54) is 25.2 Å². The molecule has 0 aromatic heterocycles. The second kappa shape index (κ2) is 4.00. The number of rotatable bonds is 2. The molecule has 0 saturated heterocycles. The lowest BCUT2D eigenvalue weighted by Crippen LogP contribution is -2.24. The Balaban J connectivity index is 2.53. The number of nitriles is 1. The molecule has 1 aromatic carbocycles. The van der Waals surface area contributed by atoms with Crippen LogP contribution in [0.5, 0.6) is 0 Å². The van der Waals surface area contributed by atoms with E-state index in [1.54, 1.807) is 0 Å². The lowest BCUT2D eigenvalue weighted by Gasteiger charge is -2.13. The zero-order valence-corrected chi connectivity index (χ0v) is 10.0. The van der Waals surface area contributed by atoms with Crippen LogP contribution in [0.1, 0.15) is 23.7 Å². The van der Waals surface area contributed by atoms with E-state index in [-0.39, 0.29) is 12.8 Å². The highest BCUT2D eigenvalue weighted by Crippen LogP contribution is 2.43. The maximum atomic E-state index is 13.2. The quantitative estimate of drug-likeness (QED) is 0.810. The minimum atomic E-state index is -3.50. The van der Waals surface area contributed by atoms with Crippen molar-refractivity contribution in [3.8, 4) is 6.07 Å². The predicted molar refractivity (Wildman–Crippen MR) is 61.3 cm³/mol. The monoisotopic (exact) mass is 254 g/mol. The molecule has 17 heavy (non-hydrogen) atoms. The van der Waals surface area contributed by atoms with E-state index in [0.29, 0.717) is 11.3 Å². The average Bonchev–Trinajstić information content (AvgIpc) is 2.45. The van der Waals surface area contributed by atoms with Crippen LogP contribution in [-0.4, -0.2) is 15.5 Å². The van der Waals surface area contributed by atoms with Crippen molar-refractivity contribution in [3.05, 3.63) is 29.6 Å². The standard InChI is InChI=1S/C11H11FN2O2S/c1-14-10-5-4-8(12)7-9(10)11(3-2-6-13)17(14,15)16/h4-5,7,11H,2-3H2,1H3. The Kier molecular flexibility index (Phi) is 2.79. The number of benzene rings is 1. The van der Waals surface area contributed by atoms with Crippen molar-refractivity contribution in [3.63, 3.8) is 0 Å². The Bertz CT molecular complexity index is 592. The molecule has 1 atom stereocenters. The van der Waals surface area contributed by atoms with Crippen LogP contribution in [-0.2, 0) is 10.0 Å². The maximum Gasteiger partial charge on any atom is 0.242 e. The molecule has 6 heteroatoms. The largest absolute Gasteiger partial charge is 0.272 e. The summed E-state index contributed by atoms with van der Waals surface area (Å²) in [5, 5.41) is 7.73. The number of nitrogens with zero attached hydrogens (tertiary/aromatic N) is 2. The molecule has 4 nitrogen and oxygen atoms in total. The molecule has 0 bridgehead atoms. The fraction of sp³-hybridized carbons (Fsp3) is 0.364. The summed E-state index contributed by atoms with van der Waals surface area (Å²) >= 11 is 0. The van der Waals surface area contributed by atoms with Crippen molar-refractivity contribution in [1.82, 2.24) is 0 Å². The number of sulfonamides is 1. The SMILES string of the molecule is CN1c2ccc(F)cc2C(CCC#N)S1(=O)=O. The normalized spacial score (nSPS) is 21.0. The zero-order valence-electron chi connectivity index (χ0n) is 9.22. The van der Waals surface area contributed by atoms with Gasteiger partial charge in [-0.2, -0.15) is 5.26 Å². The van der Waals surface area contributed by atoms with Gasteiger partial charge in [-0.1, -0.05) is 0 Å². The first-order valence-corrected chi connectivity index (χ1v) is 6.63. The molecular formula is C11H11FN2O2S. The van der Waals surface area contributed by atoms with Crippen molar-refractivity contribution < 1.29 is 12.8 Å². The smallest absolute Gasteiger partial charge is 0.242 e. The van der Waals surface area contributed by atoms with Gasteiger partial charge in [-0.25, -0.2) is 12.8 Å². The number of fused-ring (bicyclic) bond motifs is 1. The van der Waals surface area contributed by atoms with Gasteiger partial charge in [0.2, 0.25) is 10.0 Å². The van der Waals surface area contributed by atoms with Crippen LogP contribution in [0.15, 0.2) is 18.2 Å². The molecule has 90 valence electrons. The third kappa shape index (κ3) is 1.76. The van der Waals surface area contributed by atoms with Crippen LogP contribution in [0.4, 0.5) is 10.1 Å². The van der Waals surface area contributed by atoms with Gasteiger partial charge in [0.25, 0.3) is 0 Å². The Morgan fingerprint density at radius 1 is 1.53 bits per heavy atom. The molecule has 0 fully saturated rings. The minimum absolute atomic E-state index is 0.133. The number of hydrogen-bond acceptors (Lipinski definition) is 3. The van der Waals surface area contributed by atoms with Gasteiger partial charge in [0.05, 0.1) is 11.8 Å². The van der Waals surface area contributed by atoms with Gasteiger partial charge in [0, 0.05) is 13.5 Å². The highest BCUT2D eigenvalue weighted by molar-refractivity contribution is 7.93. The second-order valence-electron chi connectivity index (χ2n) is 3.90. The van der Waals surface area contributed by atoms with E-state index in [9.17, 15) is 12.8 Å². The lowest BCUT2D eigenvalue weighted by molar-refractivity contribution is 0.580. The topological polar surface area (TPSA) is 61.2 Å². The fourth-order valence-corrected chi connectivity index (χ4v) is 3.81. The molecule has 0 aliphatic carbocycles. The predicted octanol–water partition coefficient (Wildman–Crippen LogP) is 1.95. The van der Waals surface area contributed by atoms with Gasteiger partial charge in [-0.3, -0.25) is 4.31 Å². The highest BCUT2D eigenvalue weighted by Gasteiger charge is 2.40. The van der Waals surface area contributed by atoms with Crippen molar-refractivity contribution in [1.29, 1.82) is 5.26 Å². The second-order valence-corrected chi connectivity index (χ2v) is 6.05. The summed E-state index contributed by atoms with van der Waals surface area (Å²) in [5.41, 5.74) is 0.942. The minimum Gasteiger partial charge on any atom is -0.272 e. The maximum absolute atomic E-state index is 13.2. The van der Waals surface area contributed by atoms with Crippen LogP contribution in [0.2, 0.25) is 0 Å². The Morgan fingerprint density at radius 2 is 2.24 bits per heavy atom. The third-order valence-corrected chi connectivity index (χ3v) is 5.10. The number of anilines is 1. The lowest BCUT2D eigenvalue weighted by atomic mass is 10.1. The van der Waals surface area contributed by atoms with Crippen molar-refractivity contribution in [2.45, 2.75) is 18.1 Å². The number of hydrogen-bond donors (Lipinski definition) is 0. The van der Waals surface area contributed by atoms with Gasteiger partial charge < -0.3 is 0 Å². The summed E-state index contributed by atoms with van der Waals surface area (Å²) in [6.45, 7) is 0. The van der Waals surface area contributed by atoms with E-state index < -0.39 is 21.1 Å². The van der Waals surface area contributed by atoms with Crippen LogP contribution >= 0.6 is 0 Å². The van der Waals surface area contributed by atoms with Crippen LogP contribution < -0.4 is 4.31 Å². The van der Waals surface area contributed by atoms with Crippen molar-refractivity contribution in [2.75, 3.05) is 11.4 Å². The molecule has 1 aliphatic rings. The summed E-state index contributed by atoms with van der Waals surface area (Å²) in [7, 11) is -2.06.